The molecular weight excluding hydrogens is 452 g/mol. The highest BCUT2D eigenvalue weighted by molar-refractivity contribution is 5.93. The first-order valence-electron chi connectivity index (χ1n) is 12.6. The largest absolute Gasteiger partial charge is 0.440 e. The quantitative estimate of drug-likeness (QED) is 0.284. The summed E-state index contributed by atoms with van der Waals surface area (Å²) < 4.78 is 11.3. The Morgan fingerprint density at radius 3 is 1.81 bits per heavy atom. The summed E-state index contributed by atoms with van der Waals surface area (Å²) in [4.78, 5) is 33.1. The van der Waals surface area contributed by atoms with Crippen molar-refractivity contribution in [3.8, 4) is 0 Å². The summed E-state index contributed by atoms with van der Waals surface area (Å²) in [5.41, 5.74) is 2.76. The van der Waals surface area contributed by atoms with Gasteiger partial charge in [-0.15, -0.1) is 0 Å². The fraction of sp³-hybridized carbons (Fsp3) is 0.467. The minimum atomic E-state index is -0.438. The van der Waals surface area contributed by atoms with Crippen LogP contribution in [0.2, 0.25) is 0 Å². The molecule has 1 saturated carbocycles. The van der Waals surface area contributed by atoms with E-state index < -0.39 is 5.41 Å². The van der Waals surface area contributed by atoms with E-state index in [9.17, 15) is 9.59 Å². The lowest BCUT2D eigenvalue weighted by Crippen LogP contribution is -2.25. The van der Waals surface area contributed by atoms with Crippen molar-refractivity contribution in [2.45, 2.75) is 79.1 Å². The average molecular weight is 489 g/mol. The van der Waals surface area contributed by atoms with Gasteiger partial charge in [0.25, 0.3) is 0 Å². The Hall–Kier alpha value is -3.28. The van der Waals surface area contributed by atoms with Crippen LogP contribution >= 0.6 is 0 Å². The van der Waals surface area contributed by atoms with Gasteiger partial charge in [0.1, 0.15) is 28.0 Å². The van der Waals surface area contributed by atoms with Gasteiger partial charge in [0.15, 0.2) is 11.2 Å². The van der Waals surface area contributed by atoms with E-state index in [-0.39, 0.29) is 28.8 Å². The van der Waals surface area contributed by atoms with Gasteiger partial charge < -0.3 is 8.83 Å². The zero-order valence-electron chi connectivity index (χ0n) is 22.2. The number of benzene rings is 2. The first-order valence-corrected chi connectivity index (χ1v) is 12.6. The Balaban J connectivity index is 0.000000170. The smallest absolute Gasteiger partial charge is 0.209 e. The third-order valence-electron chi connectivity index (χ3n) is 6.09. The number of aromatic nitrogens is 2. The fourth-order valence-electron chi connectivity index (χ4n) is 4.28. The second kappa shape index (κ2) is 9.64. The number of ketones is 2. The maximum Gasteiger partial charge on any atom is 0.209 e. The van der Waals surface area contributed by atoms with E-state index >= 15 is 0 Å². The molecule has 0 amide bonds. The number of hydrogen-bond acceptors (Lipinski definition) is 6. The SMILES string of the molecule is CC(C)(C)CC(=O)C1(c2nc3ccccc3o2)CC1.CC(C)(C)CC(=O)Cc1nc2ccccc2o1. The van der Waals surface area contributed by atoms with Crippen molar-refractivity contribution >= 4 is 33.8 Å². The van der Waals surface area contributed by atoms with E-state index in [1.807, 2.05) is 48.5 Å². The van der Waals surface area contributed by atoms with Crippen molar-refractivity contribution in [2.24, 2.45) is 10.8 Å². The van der Waals surface area contributed by atoms with Gasteiger partial charge in [-0.2, -0.15) is 0 Å². The average Bonchev–Trinajstić information content (AvgIpc) is 3.29. The van der Waals surface area contributed by atoms with Gasteiger partial charge in [0, 0.05) is 12.8 Å². The highest BCUT2D eigenvalue weighted by atomic mass is 16.4. The molecule has 2 aromatic carbocycles. The summed E-state index contributed by atoms with van der Waals surface area (Å²) >= 11 is 0. The molecule has 2 heterocycles. The standard InChI is InChI=1S/C16H19NO2.C14H17NO2/c1-15(2,3)10-13(18)16(8-9-16)14-17-11-6-4-5-7-12(11)19-14;1-14(2,3)9-10(16)8-13-15-11-6-4-5-7-12(11)17-13/h4-7H,8-10H2,1-3H3;4-7H,8-9H2,1-3H3. The van der Waals surface area contributed by atoms with Crippen LogP contribution in [-0.2, 0) is 21.4 Å². The van der Waals surface area contributed by atoms with Crippen LogP contribution in [0, 0.1) is 10.8 Å². The van der Waals surface area contributed by atoms with Gasteiger partial charge in [-0.05, 0) is 47.9 Å². The molecule has 6 heteroatoms. The molecule has 0 N–H and O–H groups in total. The number of oxazole rings is 2. The second-order valence-electron chi connectivity index (χ2n) is 12.3. The van der Waals surface area contributed by atoms with Crippen LogP contribution in [0.4, 0.5) is 0 Å². The van der Waals surface area contributed by atoms with E-state index in [1.54, 1.807) is 0 Å². The van der Waals surface area contributed by atoms with Crippen LogP contribution in [0.3, 0.4) is 0 Å². The third kappa shape index (κ3) is 6.28. The summed E-state index contributed by atoms with van der Waals surface area (Å²) in [5.74, 6) is 1.57. The number of hydrogen-bond donors (Lipinski definition) is 0. The normalized spacial score (nSPS) is 14.9. The lowest BCUT2D eigenvalue weighted by Gasteiger charge is -2.19. The van der Waals surface area contributed by atoms with Crippen LogP contribution in [0.15, 0.2) is 57.4 Å². The molecule has 1 aliphatic carbocycles. The summed E-state index contributed by atoms with van der Waals surface area (Å²) in [7, 11) is 0. The van der Waals surface area contributed by atoms with Crippen molar-refractivity contribution < 1.29 is 18.4 Å². The van der Waals surface area contributed by atoms with Crippen LogP contribution in [-0.4, -0.2) is 21.5 Å². The van der Waals surface area contributed by atoms with E-state index in [4.69, 9.17) is 8.83 Å². The first kappa shape index (κ1) is 25.8. The number of rotatable bonds is 6. The van der Waals surface area contributed by atoms with Crippen molar-refractivity contribution in [1.82, 2.24) is 9.97 Å². The summed E-state index contributed by atoms with van der Waals surface area (Å²) in [6.07, 6.45) is 3.15. The minimum absolute atomic E-state index is 0.0126. The number of carbonyl (C=O) groups is 2. The Morgan fingerprint density at radius 2 is 1.31 bits per heavy atom. The number of carbonyl (C=O) groups excluding carboxylic acids is 2. The number of nitrogens with zero attached hydrogens (tertiary/aromatic N) is 2. The molecule has 0 atom stereocenters. The van der Waals surface area contributed by atoms with E-state index in [0.29, 0.717) is 24.6 Å². The zero-order chi connectivity index (χ0) is 26.1. The van der Waals surface area contributed by atoms with Gasteiger partial charge in [-0.3, -0.25) is 9.59 Å². The molecule has 190 valence electrons. The summed E-state index contributed by atoms with van der Waals surface area (Å²) in [5, 5.41) is 0. The number of fused-ring (bicyclic) bond motifs is 2. The van der Waals surface area contributed by atoms with E-state index in [1.165, 1.54) is 0 Å². The van der Waals surface area contributed by atoms with Crippen LogP contribution in [0.25, 0.3) is 22.2 Å². The molecule has 2 aromatic heterocycles. The molecule has 0 unspecified atom stereocenters. The molecule has 5 rings (SSSR count). The van der Waals surface area contributed by atoms with Gasteiger partial charge in [0.05, 0.1) is 6.42 Å². The monoisotopic (exact) mass is 488 g/mol. The van der Waals surface area contributed by atoms with Crippen LogP contribution < -0.4 is 0 Å². The van der Waals surface area contributed by atoms with Gasteiger partial charge in [-0.25, -0.2) is 9.97 Å². The van der Waals surface area contributed by atoms with Gasteiger partial charge in [0.2, 0.25) is 11.8 Å². The Kier molecular flexibility index (Phi) is 6.91. The van der Waals surface area contributed by atoms with Gasteiger partial charge >= 0.3 is 0 Å². The predicted molar refractivity (Wildman–Crippen MR) is 141 cm³/mol. The van der Waals surface area contributed by atoms with Crippen LogP contribution in [0.5, 0.6) is 0 Å². The topological polar surface area (TPSA) is 86.2 Å². The molecular formula is C30H36N2O4. The van der Waals surface area contributed by atoms with Crippen molar-refractivity contribution in [3.63, 3.8) is 0 Å². The lowest BCUT2D eigenvalue weighted by molar-refractivity contribution is -0.123. The maximum atomic E-state index is 12.5. The number of para-hydroxylation sites is 4. The maximum absolute atomic E-state index is 12.5. The highest BCUT2D eigenvalue weighted by Crippen LogP contribution is 2.51. The zero-order valence-corrected chi connectivity index (χ0v) is 22.2. The Bertz CT molecular complexity index is 1310. The molecule has 6 nitrogen and oxygen atoms in total. The van der Waals surface area contributed by atoms with Crippen LogP contribution in [0.1, 0.15) is 79.0 Å². The molecule has 0 aliphatic heterocycles. The third-order valence-corrected chi connectivity index (χ3v) is 6.09. The lowest BCUT2D eigenvalue weighted by atomic mass is 9.84. The highest BCUT2D eigenvalue weighted by Gasteiger charge is 2.55. The summed E-state index contributed by atoms with van der Waals surface area (Å²) in [6.45, 7) is 12.4. The Morgan fingerprint density at radius 1 is 0.778 bits per heavy atom. The molecule has 0 spiro atoms. The first-order chi connectivity index (χ1) is 16.8. The molecule has 0 radical (unpaired) electrons. The molecule has 36 heavy (non-hydrogen) atoms. The Labute approximate surface area is 212 Å². The molecule has 0 bridgehead atoms. The molecule has 0 saturated heterocycles. The van der Waals surface area contributed by atoms with E-state index in [0.717, 1.165) is 35.0 Å². The minimum Gasteiger partial charge on any atom is -0.440 e. The predicted octanol–water partition coefficient (Wildman–Crippen LogP) is 7.24. The molecule has 1 aliphatic rings. The van der Waals surface area contributed by atoms with E-state index in [2.05, 4.69) is 51.5 Å². The van der Waals surface area contributed by atoms with Gasteiger partial charge in [-0.1, -0.05) is 65.8 Å². The molecule has 4 aromatic rings. The summed E-state index contributed by atoms with van der Waals surface area (Å²) in [6, 6.07) is 15.2. The number of Topliss-reactive ketones (excluding diaryl/α,β-unsaturated/α-hetero) is 2. The van der Waals surface area contributed by atoms with Crippen molar-refractivity contribution in [2.75, 3.05) is 0 Å². The fourth-order valence-corrected chi connectivity index (χ4v) is 4.28. The second-order valence-corrected chi connectivity index (χ2v) is 12.3. The molecule has 1 fully saturated rings. The van der Waals surface area contributed by atoms with Crippen molar-refractivity contribution in [1.29, 1.82) is 0 Å². The van der Waals surface area contributed by atoms with Crippen molar-refractivity contribution in [3.05, 3.63) is 60.3 Å².